The number of hydrazone groups is 1. The van der Waals surface area contributed by atoms with E-state index in [0.29, 0.717) is 28.2 Å². The first kappa shape index (κ1) is 19.0. The predicted molar refractivity (Wildman–Crippen MR) is 103 cm³/mol. The van der Waals surface area contributed by atoms with E-state index in [0.717, 1.165) is 0 Å². The molecular formula is C21H18FN3O3. The van der Waals surface area contributed by atoms with Crippen LogP contribution in [0.2, 0.25) is 0 Å². The number of rotatable bonds is 7. The van der Waals surface area contributed by atoms with Crippen LogP contribution in [0.5, 0.6) is 11.5 Å². The lowest BCUT2D eigenvalue weighted by atomic mass is 10.2. The highest BCUT2D eigenvalue weighted by molar-refractivity contribution is 5.94. The highest BCUT2D eigenvalue weighted by Gasteiger charge is 2.08. The minimum atomic E-state index is -0.338. The van der Waals surface area contributed by atoms with Crippen LogP contribution in [-0.2, 0) is 6.61 Å². The number of hydrogen-bond donors (Lipinski definition) is 1. The van der Waals surface area contributed by atoms with Gasteiger partial charge in [-0.25, -0.2) is 9.82 Å². The molecule has 2 aromatic carbocycles. The second kappa shape index (κ2) is 9.27. The van der Waals surface area contributed by atoms with Crippen molar-refractivity contribution in [1.82, 2.24) is 10.4 Å². The van der Waals surface area contributed by atoms with Gasteiger partial charge in [-0.3, -0.25) is 9.78 Å². The fraction of sp³-hybridized carbons (Fsp3) is 0.0952. The van der Waals surface area contributed by atoms with Gasteiger partial charge in [0.05, 0.1) is 13.3 Å². The Hall–Kier alpha value is -3.74. The molecular weight excluding hydrogens is 361 g/mol. The molecule has 0 aliphatic heterocycles. The number of nitrogens with one attached hydrogen (secondary N) is 1. The van der Waals surface area contributed by atoms with E-state index in [1.165, 1.54) is 31.8 Å². The van der Waals surface area contributed by atoms with Crippen LogP contribution in [0.15, 0.2) is 72.1 Å². The van der Waals surface area contributed by atoms with E-state index in [2.05, 4.69) is 15.5 Å². The average Bonchev–Trinajstić information content (AvgIpc) is 2.74. The molecule has 1 aromatic heterocycles. The Labute approximate surface area is 161 Å². The van der Waals surface area contributed by atoms with Gasteiger partial charge in [-0.1, -0.05) is 18.2 Å². The molecule has 1 N–H and O–H groups in total. The second-order valence-electron chi connectivity index (χ2n) is 5.73. The third-order valence-electron chi connectivity index (χ3n) is 3.85. The Morgan fingerprint density at radius 2 is 1.93 bits per heavy atom. The number of nitrogens with zero attached hydrogens (tertiary/aromatic N) is 2. The van der Waals surface area contributed by atoms with Crippen molar-refractivity contribution in [3.05, 3.63) is 89.5 Å². The van der Waals surface area contributed by atoms with Gasteiger partial charge in [0.1, 0.15) is 12.4 Å². The molecule has 0 aliphatic carbocycles. The van der Waals surface area contributed by atoms with Gasteiger partial charge in [0.15, 0.2) is 11.5 Å². The van der Waals surface area contributed by atoms with Gasteiger partial charge in [0.25, 0.3) is 5.91 Å². The lowest BCUT2D eigenvalue weighted by molar-refractivity contribution is 0.0955. The van der Waals surface area contributed by atoms with Crippen LogP contribution in [0, 0.1) is 5.82 Å². The van der Waals surface area contributed by atoms with Crippen molar-refractivity contribution in [2.45, 2.75) is 6.61 Å². The fourth-order valence-corrected chi connectivity index (χ4v) is 2.39. The molecule has 3 aromatic rings. The van der Waals surface area contributed by atoms with E-state index < -0.39 is 0 Å². The molecule has 0 spiro atoms. The Morgan fingerprint density at radius 3 is 2.68 bits per heavy atom. The molecule has 1 heterocycles. The second-order valence-corrected chi connectivity index (χ2v) is 5.73. The molecule has 0 fully saturated rings. The summed E-state index contributed by atoms with van der Waals surface area (Å²) in [6, 6.07) is 14.8. The first-order valence-electron chi connectivity index (χ1n) is 8.45. The lowest BCUT2D eigenvalue weighted by Crippen LogP contribution is -2.17. The van der Waals surface area contributed by atoms with E-state index in [-0.39, 0.29) is 18.3 Å². The minimum Gasteiger partial charge on any atom is -0.493 e. The summed E-state index contributed by atoms with van der Waals surface area (Å²) in [4.78, 5) is 15.8. The number of ether oxygens (including phenoxy) is 2. The molecule has 28 heavy (non-hydrogen) atoms. The first-order valence-corrected chi connectivity index (χ1v) is 8.45. The molecule has 6 nitrogen and oxygen atoms in total. The fourth-order valence-electron chi connectivity index (χ4n) is 2.39. The van der Waals surface area contributed by atoms with Gasteiger partial charge < -0.3 is 9.47 Å². The molecule has 142 valence electrons. The number of hydrogen-bond acceptors (Lipinski definition) is 5. The van der Waals surface area contributed by atoms with Crippen LogP contribution in [-0.4, -0.2) is 24.2 Å². The molecule has 0 atom stereocenters. The number of carbonyl (C=O) groups is 1. The number of halogens is 1. The van der Waals surface area contributed by atoms with E-state index in [4.69, 9.17) is 9.47 Å². The Balaban J connectivity index is 1.64. The number of benzene rings is 2. The summed E-state index contributed by atoms with van der Waals surface area (Å²) in [5.41, 5.74) is 4.05. The summed E-state index contributed by atoms with van der Waals surface area (Å²) in [6.45, 7) is 0.0818. The maximum Gasteiger partial charge on any atom is 0.271 e. The molecule has 0 bridgehead atoms. The van der Waals surface area contributed by atoms with Crippen molar-refractivity contribution >= 4 is 12.1 Å². The smallest absolute Gasteiger partial charge is 0.271 e. The number of pyridine rings is 1. The molecule has 7 heteroatoms. The quantitative estimate of drug-likeness (QED) is 0.503. The predicted octanol–water partition coefficient (Wildman–Crippen LogP) is 3.57. The minimum absolute atomic E-state index is 0.0818. The number of aromatic nitrogens is 1. The number of methoxy groups -OCH3 is 1. The third kappa shape index (κ3) is 4.91. The maximum atomic E-state index is 13.7. The standard InChI is InChI=1S/C21H18FN3O3/c1-27-20-12-15(13-24-25-21(26)16-8-10-23-11-9-16)6-7-19(20)28-14-17-4-2-3-5-18(17)22/h2-13H,14H2,1H3,(H,25,26)/b24-13-. The molecule has 0 saturated carbocycles. The van der Waals surface area contributed by atoms with Crippen LogP contribution in [0.1, 0.15) is 21.5 Å². The number of carbonyl (C=O) groups excluding carboxylic acids is 1. The summed E-state index contributed by atoms with van der Waals surface area (Å²) in [5.74, 6) is 0.287. The van der Waals surface area contributed by atoms with Crippen molar-refractivity contribution in [2.24, 2.45) is 5.10 Å². The maximum absolute atomic E-state index is 13.7. The lowest BCUT2D eigenvalue weighted by Gasteiger charge is -2.11. The van der Waals surface area contributed by atoms with Crippen molar-refractivity contribution in [3.8, 4) is 11.5 Å². The zero-order valence-electron chi connectivity index (χ0n) is 15.1. The summed E-state index contributed by atoms with van der Waals surface area (Å²) < 4.78 is 24.7. The van der Waals surface area contributed by atoms with Crippen molar-refractivity contribution < 1.29 is 18.7 Å². The monoisotopic (exact) mass is 379 g/mol. The molecule has 0 unspecified atom stereocenters. The van der Waals surface area contributed by atoms with Gasteiger partial charge >= 0.3 is 0 Å². The molecule has 3 rings (SSSR count). The van der Waals surface area contributed by atoms with E-state index >= 15 is 0 Å². The highest BCUT2D eigenvalue weighted by atomic mass is 19.1. The average molecular weight is 379 g/mol. The van der Waals surface area contributed by atoms with Crippen molar-refractivity contribution in [1.29, 1.82) is 0 Å². The molecule has 1 amide bonds. The van der Waals surface area contributed by atoms with Crippen LogP contribution >= 0.6 is 0 Å². The summed E-state index contributed by atoms with van der Waals surface area (Å²) in [7, 11) is 1.51. The largest absolute Gasteiger partial charge is 0.493 e. The van der Waals surface area contributed by atoms with Crippen LogP contribution in [0.25, 0.3) is 0 Å². The van der Waals surface area contributed by atoms with Gasteiger partial charge in [-0.15, -0.1) is 0 Å². The van der Waals surface area contributed by atoms with Gasteiger partial charge in [-0.2, -0.15) is 5.10 Å². The Morgan fingerprint density at radius 1 is 1.14 bits per heavy atom. The third-order valence-corrected chi connectivity index (χ3v) is 3.85. The highest BCUT2D eigenvalue weighted by Crippen LogP contribution is 2.28. The molecule has 0 aliphatic rings. The van der Waals surface area contributed by atoms with Gasteiger partial charge in [0, 0.05) is 23.5 Å². The Bertz CT molecular complexity index is 978. The van der Waals surface area contributed by atoms with Crippen LogP contribution < -0.4 is 14.9 Å². The topological polar surface area (TPSA) is 72.8 Å². The molecule has 0 saturated heterocycles. The first-order chi connectivity index (χ1) is 13.7. The van der Waals surface area contributed by atoms with Crippen molar-refractivity contribution in [3.63, 3.8) is 0 Å². The summed E-state index contributed by atoms with van der Waals surface area (Å²) in [6.07, 6.45) is 4.55. The zero-order chi connectivity index (χ0) is 19.8. The number of amides is 1. The summed E-state index contributed by atoms with van der Waals surface area (Å²) in [5, 5.41) is 3.94. The van der Waals surface area contributed by atoms with Crippen LogP contribution in [0.4, 0.5) is 4.39 Å². The Kier molecular flexibility index (Phi) is 6.30. The normalized spacial score (nSPS) is 10.6. The zero-order valence-corrected chi connectivity index (χ0v) is 15.1. The van der Waals surface area contributed by atoms with Crippen molar-refractivity contribution in [2.75, 3.05) is 7.11 Å². The SMILES string of the molecule is COc1cc(/C=N\NC(=O)c2ccncc2)ccc1OCc1ccccc1F. The van der Waals surface area contributed by atoms with Gasteiger partial charge in [-0.05, 0) is 42.0 Å². The van der Waals surface area contributed by atoms with E-state index in [1.54, 1.807) is 48.5 Å². The van der Waals surface area contributed by atoms with E-state index in [1.807, 2.05) is 0 Å². The van der Waals surface area contributed by atoms with E-state index in [9.17, 15) is 9.18 Å². The van der Waals surface area contributed by atoms with Gasteiger partial charge in [0.2, 0.25) is 0 Å². The molecule has 0 radical (unpaired) electrons. The summed E-state index contributed by atoms with van der Waals surface area (Å²) >= 11 is 0. The van der Waals surface area contributed by atoms with Crippen LogP contribution in [0.3, 0.4) is 0 Å².